The third-order valence-corrected chi connectivity index (χ3v) is 5.75. The number of hydrogen-bond acceptors (Lipinski definition) is 7. The van der Waals surface area contributed by atoms with Gasteiger partial charge >= 0.3 is 0 Å². The number of ether oxygens (including phenoxy) is 5. The number of aryl methyl sites for hydroxylation is 1. The van der Waals surface area contributed by atoms with Crippen LogP contribution >= 0.6 is 0 Å². The second-order valence-electron chi connectivity index (χ2n) is 7.85. The number of nitrogens with two attached hydrogens (primary N) is 1. The third-order valence-electron chi connectivity index (χ3n) is 5.75. The van der Waals surface area contributed by atoms with Gasteiger partial charge in [-0.05, 0) is 36.2 Å². The SMILES string of the molecule is COc1cc([C@H]2C(C#N)=C(N)Oc3cc4c(cc32)OCO4)ccc1OCc1ccc(C)cc1. The lowest BCUT2D eigenvalue weighted by Gasteiger charge is -2.27. The largest absolute Gasteiger partial charge is 0.493 e. The van der Waals surface area contributed by atoms with E-state index in [2.05, 4.69) is 6.07 Å². The first-order valence-corrected chi connectivity index (χ1v) is 10.4. The van der Waals surface area contributed by atoms with Crippen LogP contribution in [0.5, 0.6) is 28.7 Å². The van der Waals surface area contributed by atoms with Crippen molar-refractivity contribution in [2.24, 2.45) is 5.73 Å². The summed E-state index contributed by atoms with van der Waals surface area (Å²) >= 11 is 0. The van der Waals surface area contributed by atoms with E-state index in [0.717, 1.165) is 16.7 Å². The summed E-state index contributed by atoms with van der Waals surface area (Å²) < 4.78 is 28.3. The third kappa shape index (κ3) is 3.76. The fraction of sp³-hybridized carbons (Fsp3) is 0.192. The van der Waals surface area contributed by atoms with Crippen LogP contribution in [0.2, 0.25) is 0 Å². The summed E-state index contributed by atoms with van der Waals surface area (Å²) in [6, 6.07) is 19.5. The monoisotopic (exact) mass is 442 g/mol. The average Bonchev–Trinajstić information content (AvgIpc) is 3.29. The first-order valence-electron chi connectivity index (χ1n) is 10.4. The summed E-state index contributed by atoms with van der Waals surface area (Å²) in [6.07, 6.45) is 0. The van der Waals surface area contributed by atoms with Crippen molar-refractivity contribution in [1.82, 2.24) is 0 Å². The van der Waals surface area contributed by atoms with E-state index < -0.39 is 5.92 Å². The summed E-state index contributed by atoms with van der Waals surface area (Å²) in [5.74, 6) is 2.49. The first kappa shape index (κ1) is 20.6. The first-order chi connectivity index (χ1) is 16.1. The molecule has 33 heavy (non-hydrogen) atoms. The number of nitriles is 1. The molecule has 0 unspecified atom stereocenters. The lowest BCUT2D eigenvalue weighted by Crippen LogP contribution is -2.21. The quantitative estimate of drug-likeness (QED) is 0.620. The Hall–Kier alpha value is -4.31. The predicted molar refractivity (Wildman–Crippen MR) is 120 cm³/mol. The average molecular weight is 442 g/mol. The number of rotatable bonds is 5. The number of benzene rings is 3. The summed E-state index contributed by atoms with van der Waals surface area (Å²) in [4.78, 5) is 0. The molecule has 0 saturated heterocycles. The number of methoxy groups -OCH3 is 1. The molecular formula is C26H22N2O5. The highest BCUT2D eigenvalue weighted by Crippen LogP contribution is 2.48. The van der Waals surface area contributed by atoms with Gasteiger partial charge in [-0.15, -0.1) is 0 Å². The zero-order valence-corrected chi connectivity index (χ0v) is 18.3. The van der Waals surface area contributed by atoms with Gasteiger partial charge in [0.2, 0.25) is 12.7 Å². The molecule has 2 aliphatic heterocycles. The standard InChI is InChI=1S/C26H22N2O5/c1-15-3-5-16(6-4-15)13-30-20-8-7-17(9-22(20)29-2)25-18-10-23-24(32-14-31-23)11-21(18)33-26(28)19(25)12-27/h3-11,25H,13-14,28H2,1-2H3/t25-/m1/s1. The Labute approximate surface area is 191 Å². The Morgan fingerprint density at radius 3 is 2.48 bits per heavy atom. The molecule has 5 rings (SSSR count). The molecule has 0 saturated carbocycles. The van der Waals surface area contributed by atoms with E-state index in [1.165, 1.54) is 5.56 Å². The van der Waals surface area contributed by atoms with Crippen molar-refractivity contribution in [3.05, 3.63) is 88.3 Å². The lowest BCUT2D eigenvalue weighted by atomic mass is 9.83. The summed E-state index contributed by atoms with van der Waals surface area (Å²) in [5, 5.41) is 9.84. The van der Waals surface area contributed by atoms with E-state index in [0.29, 0.717) is 40.9 Å². The van der Waals surface area contributed by atoms with Crippen LogP contribution in [0.15, 0.2) is 66.1 Å². The smallest absolute Gasteiger partial charge is 0.231 e. The van der Waals surface area contributed by atoms with Crippen molar-refractivity contribution >= 4 is 0 Å². The van der Waals surface area contributed by atoms with Crippen molar-refractivity contribution in [3.63, 3.8) is 0 Å². The molecule has 0 spiro atoms. The van der Waals surface area contributed by atoms with Crippen molar-refractivity contribution in [3.8, 4) is 34.8 Å². The fourth-order valence-electron chi connectivity index (χ4n) is 4.02. The second-order valence-corrected chi connectivity index (χ2v) is 7.85. The summed E-state index contributed by atoms with van der Waals surface area (Å²) in [5.41, 5.74) is 10.3. The van der Waals surface area contributed by atoms with E-state index in [9.17, 15) is 5.26 Å². The Kier molecular flexibility index (Phi) is 5.19. The zero-order valence-electron chi connectivity index (χ0n) is 18.3. The number of fused-ring (bicyclic) bond motifs is 2. The van der Waals surface area contributed by atoms with E-state index in [1.807, 2.05) is 55.5 Å². The predicted octanol–water partition coefficient (Wildman–Crippen LogP) is 4.53. The Morgan fingerprint density at radius 1 is 1.00 bits per heavy atom. The summed E-state index contributed by atoms with van der Waals surface area (Å²) in [6.45, 7) is 2.60. The molecule has 0 aromatic heterocycles. The van der Waals surface area contributed by atoms with Crippen LogP contribution in [0.25, 0.3) is 0 Å². The highest BCUT2D eigenvalue weighted by atomic mass is 16.7. The molecule has 166 valence electrons. The Morgan fingerprint density at radius 2 is 1.76 bits per heavy atom. The van der Waals surface area contributed by atoms with Gasteiger partial charge in [0.25, 0.3) is 0 Å². The highest BCUT2D eigenvalue weighted by Gasteiger charge is 2.33. The molecule has 3 aromatic rings. The minimum Gasteiger partial charge on any atom is -0.493 e. The van der Waals surface area contributed by atoms with Crippen LogP contribution in [-0.4, -0.2) is 13.9 Å². The molecule has 3 aromatic carbocycles. The van der Waals surface area contributed by atoms with Gasteiger partial charge in [0.15, 0.2) is 23.0 Å². The van der Waals surface area contributed by atoms with Crippen LogP contribution < -0.4 is 29.4 Å². The molecule has 1 atom stereocenters. The Bertz CT molecular complexity index is 1290. The molecule has 0 aliphatic carbocycles. The number of nitrogens with zero attached hydrogens (tertiary/aromatic N) is 1. The minimum atomic E-state index is -0.451. The van der Waals surface area contributed by atoms with E-state index in [4.69, 9.17) is 29.4 Å². The summed E-state index contributed by atoms with van der Waals surface area (Å²) in [7, 11) is 1.59. The minimum absolute atomic E-state index is 0.0625. The molecular weight excluding hydrogens is 420 g/mol. The second kappa shape index (κ2) is 8.32. The highest BCUT2D eigenvalue weighted by molar-refractivity contribution is 5.62. The van der Waals surface area contributed by atoms with E-state index in [-0.39, 0.29) is 12.7 Å². The van der Waals surface area contributed by atoms with Gasteiger partial charge in [0.1, 0.15) is 24.0 Å². The molecule has 0 bridgehead atoms. The lowest BCUT2D eigenvalue weighted by molar-refractivity contribution is 0.174. The Balaban J connectivity index is 1.50. The fourth-order valence-corrected chi connectivity index (χ4v) is 4.02. The molecule has 0 radical (unpaired) electrons. The molecule has 0 fully saturated rings. The maximum Gasteiger partial charge on any atom is 0.231 e. The van der Waals surface area contributed by atoms with Crippen molar-refractivity contribution in [2.45, 2.75) is 19.4 Å². The molecule has 7 heteroatoms. The maximum absolute atomic E-state index is 9.84. The zero-order chi connectivity index (χ0) is 22.9. The van der Waals surface area contributed by atoms with Gasteiger partial charge in [-0.25, -0.2) is 0 Å². The normalized spacial score (nSPS) is 16.0. The van der Waals surface area contributed by atoms with Crippen molar-refractivity contribution in [1.29, 1.82) is 5.26 Å². The van der Waals surface area contributed by atoms with Crippen LogP contribution in [0.1, 0.15) is 28.2 Å². The van der Waals surface area contributed by atoms with Crippen LogP contribution in [0.4, 0.5) is 0 Å². The van der Waals surface area contributed by atoms with Gasteiger partial charge < -0.3 is 29.4 Å². The van der Waals surface area contributed by atoms with Gasteiger partial charge in [0, 0.05) is 11.6 Å². The van der Waals surface area contributed by atoms with Crippen LogP contribution in [0, 0.1) is 18.3 Å². The molecule has 2 aliphatic rings. The van der Waals surface area contributed by atoms with Crippen molar-refractivity contribution in [2.75, 3.05) is 13.9 Å². The van der Waals surface area contributed by atoms with E-state index in [1.54, 1.807) is 13.2 Å². The molecule has 7 nitrogen and oxygen atoms in total. The van der Waals surface area contributed by atoms with Crippen molar-refractivity contribution < 1.29 is 23.7 Å². The van der Waals surface area contributed by atoms with Crippen LogP contribution in [-0.2, 0) is 6.61 Å². The molecule has 2 heterocycles. The topological polar surface area (TPSA) is 96.0 Å². The molecule has 2 N–H and O–H groups in total. The van der Waals surface area contributed by atoms with Gasteiger partial charge in [-0.2, -0.15) is 5.26 Å². The number of hydrogen-bond donors (Lipinski definition) is 1. The maximum atomic E-state index is 9.84. The van der Waals surface area contributed by atoms with Gasteiger partial charge in [-0.3, -0.25) is 0 Å². The van der Waals surface area contributed by atoms with E-state index >= 15 is 0 Å². The van der Waals surface area contributed by atoms with Gasteiger partial charge in [0.05, 0.1) is 13.0 Å². The van der Waals surface area contributed by atoms with Crippen LogP contribution in [0.3, 0.4) is 0 Å². The number of allylic oxidation sites excluding steroid dienone is 1. The van der Waals surface area contributed by atoms with Gasteiger partial charge in [-0.1, -0.05) is 35.9 Å². The molecule has 0 amide bonds.